The van der Waals surface area contributed by atoms with Crippen LogP contribution in [0.15, 0.2) is 77.4 Å². The molecule has 0 radical (unpaired) electrons. The number of hydrogen-bond acceptors (Lipinski definition) is 3. The van der Waals surface area contributed by atoms with Gasteiger partial charge in [0.05, 0.1) is 18.7 Å². The highest BCUT2D eigenvalue weighted by Crippen LogP contribution is 2.24. The molecular formula is C25H26N2O3. The van der Waals surface area contributed by atoms with Crippen molar-refractivity contribution in [3.63, 3.8) is 0 Å². The summed E-state index contributed by atoms with van der Waals surface area (Å²) in [5, 5.41) is 0. The van der Waals surface area contributed by atoms with E-state index in [2.05, 4.69) is 0 Å². The molecule has 1 fully saturated rings. The number of furan rings is 1. The van der Waals surface area contributed by atoms with Gasteiger partial charge in [-0.3, -0.25) is 9.59 Å². The van der Waals surface area contributed by atoms with Gasteiger partial charge in [0.15, 0.2) is 0 Å². The number of carbonyl (C=O) groups is 2. The predicted molar refractivity (Wildman–Crippen MR) is 114 cm³/mol. The zero-order chi connectivity index (χ0) is 20.9. The minimum Gasteiger partial charge on any atom is -0.467 e. The average Bonchev–Trinajstić information content (AvgIpc) is 3.39. The van der Waals surface area contributed by atoms with Crippen molar-refractivity contribution < 1.29 is 14.0 Å². The molecule has 0 saturated carbocycles. The van der Waals surface area contributed by atoms with Crippen molar-refractivity contribution in [1.29, 1.82) is 0 Å². The fourth-order valence-corrected chi connectivity index (χ4v) is 3.87. The lowest BCUT2D eigenvalue weighted by Crippen LogP contribution is -2.36. The van der Waals surface area contributed by atoms with E-state index in [1.807, 2.05) is 73.7 Å². The number of amides is 2. The Labute approximate surface area is 176 Å². The second kappa shape index (κ2) is 8.99. The highest BCUT2D eigenvalue weighted by Gasteiger charge is 2.36. The van der Waals surface area contributed by atoms with E-state index in [0.717, 1.165) is 16.9 Å². The van der Waals surface area contributed by atoms with Gasteiger partial charge in [-0.1, -0.05) is 60.2 Å². The molecule has 5 nitrogen and oxygen atoms in total. The van der Waals surface area contributed by atoms with Gasteiger partial charge >= 0.3 is 0 Å². The van der Waals surface area contributed by atoms with E-state index >= 15 is 0 Å². The van der Waals surface area contributed by atoms with Gasteiger partial charge in [-0.2, -0.15) is 0 Å². The van der Waals surface area contributed by atoms with E-state index in [9.17, 15) is 9.59 Å². The Hall–Kier alpha value is -3.34. The third-order valence-electron chi connectivity index (χ3n) is 5.51. The molecule has 0 aliphatic carbocycles. The van der Waals surface area contributed by atoms with Gasteiger partial charge in [0.2, 0.25) is 11.8 Å². The maximum atomic E-state index is 13.4. The molecule has 1 aliphatic heterocycles. The first kappa shape index (κ1) is 20.0. The van der Waals surface area contributed by atoms with Gasteiger partial charge < -0.3 is 14.2 Å². The molecule has 0 N–H and O–H groups in total. The van der Waals surface area contributed by atoms with Crippen LogP contribution in [0.4, 0.5) is 0 Å². The van der Waals surface area contributed by atoms with Crippen LogP contribution in [0, 0.1) is 12.8 Å². The van der Waals surface area contributed by atoms with Crippen LogP contribution in [0.5, 0.6) is 0 Å². The van der Waals surface area contributed by atoms with E-state index in [-0.39, 0.29) is 24.2 Å². The molecule has 0 bridgehead atoms. The van der Waals surface area contributed by atoms with Crippen LogP contribution in [-0.2, 0) is 29.2 Å². The van der Waals surface area contributed by atoms with Crippen LogP contribution in [0.2, 0.25) is 0 Å². The number of benzene rings is 2. The van der Waals surface area contributed by atoms with E-state index in [0.29, 0.717) is 26.2 Å². The lowest BCUT2D eigenvalue weighted by atomic mass is 10.1. The smallest absolute Gasteiger partial charge is 0.228 e. The highest BCUT2D eigenvalue weighted by molar-refractivity contribution is 5.89. The summed E-state index contributed by atoms with van der Waals surface area (Å²) in [7, 11) is 0. The molecule has 154 valence electrons. The summed E-state index contributed by atoms with van der Waals surface area (Å²) in [6.07, 6.45) is 1.87. The zero-order valence-corrected chi connectivity index (χ0v) is 17.2. The molecule has 3 aromatic rings. The van der Waals surface area contributed by atoms with Crippen molar-refractivity contribution in [3.05, 3.63) is 95.4 Å². The fraction of sp³-hybridized carbons (Fsp3) is 0.280. The number of nitrogens with zero attached hydrogens (tertiary/aromatic N) is 2. The lowest BCUT2D eigenvalue weighted by Gasteiger charge is -2.25. The second-order valence-electron chi connectivity index (χ2n) is 7.92. The standard InChI is InChI=1S/C25H26N2O3/c1-19-9-11-21(12-10-19)15-26-17-22(14-24(26)28)25(29)27(18-23-8-5-13-30-23)16-20-6-3-2-4-7-20/h2-13,22H,14-18H2,1H3. The molecule has 4 rings (SSSR count). The molecule has 1 unspecified atom stereocenters. The molecule has 1 atom stereocenters. The summed E-state index contributed by atoms with van der Waals surface area (Å²) in [5.74, 6) is 0.434. The molecule has 2 amide bonds. The molecule has 30 heavy (non-hydrogen) atoms. The van der Waals surface area contributed by atoms with Crippen molar-refractivity contribution >= 4 is 11.8 Å². The van der Waals surface area contributed by atoms with Gasteiger partial charge in [0.25, 0.3) is 0 Å². The van der Waals surface area contributed by atoms with Crippen LogP contribution in [0.25, 0.3) is 0 Å². The first-order chi connectivity index (χ1) is 14.6. The molecule has 2 heterocycles. The van der Waals surface area contributed by atoms with Crippen LogP contribution >= 0.6 is 0 Å². The van der Waals surface area contributed by atoms with Gasteiger partial charge in [0.1, 0.15) is 5.76 Å². The normalized spacial score (nSPS) is 16.1. The number of rotatable bonds is 7. The third kappa shape index (κ3) is 4.79. The summed E-state index contributed by atoms with van der Waals surface area (Å²) >= 11 is 0. The maximum Gasteiger partial charge on any atom is 0.228 e. The first-order valence-electron chi connectivity index (χ1n) is 10.3. The first-order valence-corrected chi connectivity index (χ1v) is 10.3. The Kier molecular flexibility index (Phi) is 5.98. The van der Waals surface area contributed by atoms with Crippen LogP contribution < -0.4 is 0 Å². The van der Waals surface area contributed by atoms with Crippen LogP contribution in [0.3, 0.4) is 0 Å². The maximum absolute atomic E-state index is 13.4. The Bertz CT molecular complexity index is 981. The van der Waals surface area contributed by atoms with E-state index < -0.39 is 0 Å². The minimum absolute atomic E-state index is 0.00462. The number of carbonyl (C=O) groups excluding carboxylic acids is 2. The molecule has 1 saturated heterocycles. The SMILES string of the molecule is Cc1ccc(CN2CC(C(=O)N(Cc3ccccc3)Cc3ccco3)CC2=O)cc1. The third-order valence-corrected chi connectivity index (χ3v) is 5.51. The minimum atomic E-state index is -0.332. The predicted octanol–water partition coefficient (Wildman–Crippen LogP) is 4.17. The number of likely N-dealkylation sites (tertiary alicyclic amines) is 1. The summed E-state index contributed by atoms with van der Waals surface area (Å²) in [6.45, 7) is 3.92. The highest BCUT2D eigenvalue weighted by atomic mass is 16.3. The molecule has 1 aliphatic rings. The Morgan fingerprint density at radius 1 is 1.00 bits per heavy atom. The summed E-state index contributed by atoms with van der Waals surface area (Å²) in [4.78, 5) is 29.6. The van der Waals surface area contributed by atoms with E-state index in [4.69, 9.17) is 4.42 Å². The van der Waals surface area contributed by atoms with Gasteiger partial charge in [-0.25, -0.2) is 0 Å². The van der Waals surface area contributed by atoms with E-state index in [1.54, 1.807) is 16.1 Å². The number of hydrogen-bond donors (Lipinski definition) is 0. The summed E-state index contributed by atoms with van der Waals surface area (Å²) < 4.78 is 5.47. The van der Waals surface area contributed by atoms with Gasteiger partial charge in [0, 0.05) is 26.1 Å². The summed E-state index contributed by atoms with van der Waals surface area (Å²) in [6, 6.07) is 21.8. The van der Waals surface area contributed by atoms with Crippen molar-refractivity contribution in [2.45, 2.75) is 33.0 Å². The lowest BCUT2D eigenvalue weighted by molar-refractivity contribution is -0.137. The van der Waals surface area contributed by atoms with Gasteiger partial charge in [-0.15, -0.1) is 0 Å². The largest absolute Gasteiger partial charge is 0.467 e. The average molecular weight is 402 g/mol. The van der Waals surface area contributed by atoms with Crippen LogP contribution in [0.1, 0.15) is 28.9 Å². The molecular weight excluding hydrogens is 376 g/mol. The van der Waals surface area contributed by atoms with Crippen molar-refractivity contribution in [2.24, 2.45) is 5.92 Å². The Morgan fingerprint density at radius 2 is 1.77 bits per heavy atom. The molecule has 0 spiro atoms. The molecule has 2 aromatic carbocycles. The molecule has 5 heteroatoms. The van der Waals surface area contributed by atoms with Crippen molar-refractivity contribution in [2.75, 3.05) is 6.54 Å². The topological polar surface area (TPSA) is 53.8 Å². The van der Waals surface area contributed by atoms with Crippen LogP contribution in [-0.4, -0.2) is 28.2 Å². The van der Waals surface area contributed by atoms with Gasteiger partial charge in [-0.05, 0) is 30.2 Å². The second-order valence-corrected chi connectivity index (χ2v) is 7.92. The van der Waals surface area contributed by atoms with E-state index in [1.165, 1.54) is 5.56 Å². The summed E-state index contributed by atoms with van der Waals surface area (Å²) in [5.41, 5.74) is 3.33. The fourth-order valence-electron chi connectivity index (χ4n) is 3.87. The van der Waals surface area contributed by atoms with Crippen molar-refractivity contribution in [3.8, 4) is 0 Å². The Balaban J connectivity index is 1.46. The van der Waals surface area contributed by atoms with Crippen molar-refractivity contribution in [1.82, 2.24) is 9.80 Å². The Morgan fingerprint density at radius 3 is 2.47 bits per heavy atom. The monoisotopic (exact) mass is 402 g/mol. The zero-order valence-electron chi connectivity index (χ0n) is 17.2. The molecule has 1 aromatic heterocycles. The number of aryl methyl sites for hydroxylation is 1. The quantitative estimate of drug-likeness (QED) is 0.596.